The Morgan fingerprint density at radius 1 is 1.50 bits per heavy atom. The summed E-state index contributed by atoms with van der Waals surface area (Å²) < 4.78 is 5.21. The average molecular weight is 280 g/mol. The highest BCUT2D eigenvalue weighted by Gasteiger charge is 2.33. The quantitative estimate of drug-likeness (QED) is 0.916. The number of amides is 1. The van der Waals surface area contributed by atoms with Crippen molar-refractivity contribution in [1.29, 1.82) is 0 Å². The lowest BCUT2D eigenvalue weighted by atomic mass is 9.93. The summed E-state index contributed by atoms with van der Waals surface area (Å²) in [5, 5.41) is 12.7. The first kappa shape index (κ1) is 14.6. The molecule has 110 valence electrons. The van der Waals surface area contributed by atoms with Gasteiger partial charge in [0.25, 0.3) is 5.91 Å². The third-order valence-electron chi connectivity index (χ3n) is 3.52. The van der Waals surface area contributed by atoms with E-state index < -0.39 is 5.97 Å². The second kappa shape index (κ2) is 5.26. The molecule has 1 aromatic rings. The van der Waals surface area contributed by atoms with Crippen LogP contribution in [0, 0.1) is 0 Å². The van der Waals surface area contributed by atoms with E-state index in [1.807, 2.05) is 20.8 Å². The molecular weight excluding hydrogens is 260 g/mol. The van der Waals surface area contributed by atoms with Crippen LogP contribution in [0.15, 0.2) is 10.6 Å². The van der Waals surface area contributed by atoms with Gasteiger partial charge in [0, 0.05) is 24.1 Å². The first-order valence-corrected chi connectivity index (χ1v) is 6.79. The van der Waals surface area contributed by atoms with Gasteiger partial charge < -0.3 is 14.5 Å². The van der Waals surface area contributed by atoms with E-state index in [1.165, 1.54) is 0 Å². The Bertz CT molecular complexity index is 515. The number of rotatable bonds is 3. The number of aliphatic carboxylic acids is 1. The molecule has 1 fully saturated rings. The summed E-state index contributed by atoms with van der Waals surface area (Å²) in [6.45, 7) is 6.51. The summed E-state index contributed by atoms with van der Waals surface area (Å²) in [7, 11) is 0. The van der Waals surface area contributed by atoms with Gasteiger partial charge >= 0.3 is 5.97 Å². The summed E-state index contributed by atoms with van der Waals surface area (Å²) >= 11 is 0. The van der Waals surface area contributed by atoms with Gasteiger partial charge in [-0.1, -0.05) is 25.9 Å². The molecule has 1 N–H and O–H groups in total. The fourth-order valence-corrected chi connectivity index (χ4v) is 2.39. The second-order valence-corrected chi connectivity index (χ2v) is 6.22. The Balaban J connectivity index is 2.14. The number of hydrogen-bond donors (Lipinski definition) is 1. The molecule has 0 aromatic carbocycles. The van der Waals surface area contributed by atoms with Gasteiger partial charge in [0.05, 0.1) is 6.42 Å². The van der Waals surface area contributed by atoms with Crippen molar-refractivity contribution in [2.24, 2.45) is 0 Å². The molecule has 1 aliphatic heterocycles. The molecule has 0 saturated carbocycles. The van der Waals surface area contributed by atoms with Crippen molar-refractivity contribution >= 4 is 11.9 Å². The minimum absolute atomic E-state index is 0.0181. The highest BCUT2D eigenvalue weighted by molar-refractivity contribution is 5.93. The molecule has 0 aliphatic carbocycles. The molecule has 1 saturated heterocycles. The smallest absolute Gasteiger partial charge is 0.305 e. The predicted molar refractivity (Wildman–Crippen MR) is 71.5 cm³/mol. The van der Waals surface area contributed by atoms with Gasteiger partial charge in [-0.15, -0.1) is 0 Å². The SMILES string of the molecule is CC(C)(C)c1cc(C(=O)N2CCCC2CC(=O)O)no1. The van der Waals surface area contributed by atoms with Crippen molar-refractivity contribution in [3.05, 3.63) is 17.5 Å². The molecular formula is C14H20N2O4. The topological polar surface area (TPSA) is 83.6 Å². The number of carboxylic acid groups (broad SMARTS) is 1. The molecule has 6 heteroatoms. The molecule has 1 aliphatic rings. The maximum absolute atomic E-state index is 12.4. The molecule has 0 radical (unpaired) electrons. The fraction of sp³-hybridized carbons (Fsp3) is 0.643. The molecule has 6 nitrogen and oxygen atoms in total. The monoisotopic (exact) mass is 280 g/mol. The van der Waals surface area contributed by atoms with Crippen molar-refractivity contribution in [1.82, 2.24) is 10.1 Å². The van der Waals surface area contributed by atoms with E-state index in [0.29, 0.717) is 12.3 Å². The lowest BCUT2D eigenvalue weighted by Gasteiger charge is -2.22. The summed E-state index contributed by atoms with van der Waals surface area (Å²) in [6.07, 6.45) is 1.53. The van der Waals surface area contributed by atoms with E-state index >= 15 is 0 Å². The molecule has 2 heterocycles. The van der Waals surface area contributed by atoms with Crippen LogP contribution >= 0.6 is 0 Å². The summed E-state index contributed by atoms with van der Waals surface area (Å²) in [5.74, 6) is -0.479. The summed E-state index contributed by atoms with van der Waals surface area (Å²) in [5.41, 5.74) is 0.0454. The van der Waals surface area contributed by atoms with E-state index in [9.17, 15) is 9.59 Å². The molecule has 0 spiro atoms. The normalized spacial score (nSPS) is 19.4. The third-order valence-corrected chi connectivity index (χ3v) is 3.52. The largest absolute Gasteiger partial charge is 0.481 e. The van der Waals surface area contributed by atoms with Crippen LogP contribution in [0.1, 0.15) is 56.3 Å². The van der Waals surface area contributed by atoms with Crippen molar-refractivity contribution in [2.45, 2.75) is 51.5 Å². The number of nitrogens with zero attached hydrogens (tertiary/aromatic N) is 2. The number of hydrogen-bond acceptors (Lipinski definition) is 4. The Kier molecular flexibility index (Phi) is 3.83. The number of carbonyl (C=O) groups is 2. The second-order valence-electron chi connectivity index (χ2n) is 6.22. The lowest BCUT2D eigenvalue weighted by molar-refractivity contribution is -0.137. The van der Waals surface area contributed by atoms with E-state index in [0.717, 1.165) is 12.8 Å². The lowest BCUT2D eigenvalue weighted by Crippen LogP contribution is -2.37. The van der Waals surface area contributed by atoms with E-state index in [2.05, 4.69) is 5.16 Å². The van der Waals surface area contributed by atoms with Gasteiger partial charge in [0.15, 0.2) is 5.69 Å². The van der Waals surface area contributed by atoms with Crippen molar-refractivity contribution < 1.29 is 19.2 Å². The number of aromatic nitrogens is 1. The highest BCUT2D eigenvalue weighted by Crippen LogP contribution is 2.26. The van der Waals surface area contributed by atoms with E-state index in [4.69, 9.17) is 9.63 Å². The van der Waals surface area contributed by atoms with Crippen LogP contribution in [0.2, 0.25) is 0 Å². The fourth-order valence-electron chi connectivity index (χ4n) is 2.39. The number of carboxylic acids is 1. The first-order valence-electron chi connectivity index (χ1n) is 6.79. The minimum Gasteiger partial charge on any atom is -0.481 e. The maximum Gasteiger partial charge on any atom is 0.305 e. The Morgan fingerprint density at radius 3 is 2.75 bits per heavy atom. The van der Waals surface area contributed by atoms with Crippen LogP contribution in [-0.2, 0) is 10.2 Å². The molecule has 1 atom stereocenters. The zero-order valence-electron chi connectivity index (χ0n) is 12.0. The standard InChI is InChI=1S/C14H20N2O4/c1-14(2,3)11-8-10(15-20-11)13(19)16-6-4-5-9(16)7-12(17)18/h8-9H,4-7H2,1-3H3,(H,17,18). The molecule has 2 rings (SSSR count). The van der Waals surface area contributed by atoms with Crippen molar-refractivity contribution in [2.75, 3.05) is 6.54 Å². The molecule has 1 amide bonds. The number of likely N-dealkylation sites (tertiary alicyclic amines) is 1. The zero-order valence-corrected chi connectivity index (χ0v) is 12.0. The van der Waals surface area contributed by atoms with Gasteiger partial charge in [0.1, 0.15) is 5.76 Å². The van der Waals surface area contributed by atoms with Gasteiger partial charge in [-0.3, -0.25) is 9.59 Å². The third kappa shape index (κ3) is 3.00. The van der Waals surface area contributed by atoms with Crippen LogP contribution in [0.25, 0.3) is 0 Å². The van der Waals surface area contributed by atoms with E-state index in [-0.39, 0.29) is 29.5 Å². The molecule has 20 heavy (non-hydrogen) atoms. The van der Waals surface area contributed by atoms with Crippen LogP contribution in [0.5, 0.6) is 0 Å². The Morgan fingerprint density at radius 2 is 2.20 bits per heavy atom. The predicted octanol–water partition coefficient (Wildman–Crippen LogP) is 2.05. The van der Waals surface area contributed by atoms with Crippen molar-refractivity contribution in [3.8, 4) is 0 Å². The minimum atomic E-state index is -0.884. The molecule has 1 unspecified atom stereocenters. The average Bonchev–Trinajstić information content (AvgIpc) is 2.94. The van der Waals surface area contributed by atoms with Gasteiger partial charge in [-0.25, -0.2) is 0 Å². The first-order chi connectivity index (χ1) is 9.29. The Hall–Kier alpha value is -1.85. The summed E-state index contributed by atoms with van der Waals surface area (Å²) in [6, 6.07) is 1.41. The zero-order chi connectivity index (χ0) is 14.9. The van der Waals surface area contributed by atoms with Crippen molar-refractivity contribution in [3.63, 3.8) is 0 Å². The Labute approximate surface area is 117 Å². The van der Waals surface area contributed by atoms with Crippen LogP contribution in [0.3, 0.4) is 0 Å². The highest BCUT2D eigenvalue weighted by atomic mass is 16.5. The molecule has 0 bridgehead atoms. The number of carbonyl (C=O) groups excluding carboxylic acids is 1. The van der Waals surface area contributed by atoms with Gasteiger partial charge in [-0.2, -0.15) is 0 Å². The molecule has 1 aromatic heterocycles. The van der Waals surface area contributed by atoms with Crippen LogP contribution < -0.4 is 0 Å². The van der Waals surface area contributed by atoms with E-state index in [1.54, 1.807) is 11.0 Å². The van der Waals surface area contributed by atoms with Gasteiger partial charge in [0.2, 0.25) is 0 Å². The van der Waals surface area contributed by atoms with Crippen LogP contribution in [0.4, 0.5) is 0 Å². The van der Waals surface area contributed by atoms with Gasteiger partial charge in [-0.05, 0) is 12.8 Å². The summed E-state index contributed by atoms with van der Waals surface area (Å²) in [4.78, 5) is 24.8. The maximum atomic E-state index is 12.4. The van der Waals surface area contributed by atoms with Crippen LogP contribution in [-0.4, -0.2) is 39.6 Å².